The number of nitrogen functional groups attached to an aromatic ring is 1. The topological polar surface area (TPSA) is 79.5 Å². The van der Waals surface area contributed by atoms with Crippen LogP contribution in [0.3, 0.4) is 0 Å². The SMILES string of the molecule is Nc1ncc(C(=O)N2CCC3(O)CCCCC3C2)cc1Cl. The van der Waals surface area contributed by atoms with Gasteiger partial charge in [0.1, 0.15) is 5.82 Å². The molecule has 2 aliphatic rings. The summed E-state index contributed by atoms with van der Waals surface area (Å²) in [6.07, 6.45) is 6.17. The number of amides is 1. The number of pyridine rings is 1. The number of aliphatic hydroxyl groups is 1. The smallest absolute Gasteiger partial charge is 0.255 e. The molecule has 2 heterocycles. The summed E-state index contributed by atoms with van der Waals surface area (Å²) < 4.78 is 0. The molecule has 1 amide bonds. The molecule has 1 aromatic rings. The Hall–Kier alpha value is -1.33. The molecule has 114 valence electrons. The number of piperidine rings is 1. The zero-order valence-electron chi connectivity index (χ0n) is 11.9. The van der Waals surface area contributed by atoms with E-state index in [0.717, 1.165) is 25.7 Å². The number of nitrogens with two attached hydrogens (primary N) is 1. The Labute approximate surface area is 129 Å². The third kappa shape index (κ3) is 2.72. The lowest BCUT2D eigenvalue weighted by atomic mass is 9.71. The quantitative estimate of drug-likeness (QED) is 0.832. The van der Waals surface area contributed by atoms with Crippen LogP contribution in [0.5, 0.6) is 0 Å². The van der Waals surface area contributed by atoms with E-state index in [4.69, 9.17) is 17.3 Å². The van der Waals surface area contributed by atoms with E-state index in [0.29, 0.717) is 30.1 Å². The zero-order chi connectivity index (χ0) is 15.0. The van der Waals surface area contributed by atoms with Gasteiger partial charge in [-0.15, -0.1) is 0 Å². The third-order valence-electron chi connectivity index (χ3n) is 4.83. The Balaban J connectivity index is 1.75. The Morgan fingerprint density at radius 3 is 3.05 bits per heavy atom. The molecular formula is C15H20ClN3O2. The van der Waals surface area contributed by atoms with Gasteiger partial charge in [0.25, 0.3) is 5.91 Å². The van der Waals surface area contributed by atoms with E-state index < -0.39 is 5.60 Å². The molecule has 3 rings (SSSR count). The molecule has 1 saturated carbocycles. The summed E-state index contributed by atoms with van der Waals surface area (Å²) in [7, 11) is 0. The zero-order valence-corrected chi connectivity index (χ0v) is 12.6. The molecule has 21 heavy (non-hydrogen) atoms. The summed E-state index contributed by atoms with van der Waals surface area (Å²) in [6, 6.07) is 1.56. The Bertz CT molecular complexity index is 566. The largest absolute Gasteiger partial charge is 0.389 e. The first-order valence-electron chi connectivity index (χ1n) is 7.42. The van der Waals surface area contributed by atoms with Crippen LogP contribution in [0.15, 0.2) is 12.3 Å². The van der Waals surface area contributed by atoms with Gasteiger partial charge < -0.3 is 15.7 Å². The number of likely N-dealkylation sites (tertiary alicyclic amines) is 1. The summed E-state index contributed by atoms with van der Waals surface area (Å²) >= 11 is 5.93. The van der Waals surface area contributed by atoms with Crippen LogP contribution in [0, 0.1) is 5.92 Å². The van der Waals surface area contributed by atoms with Crippen molar-refractivity contribution in [1.29, 1.82) is 0 Å². The fourth-order valence-electron chi connectivity index (χ4n) is 3.50. The highest BCUT2D eigenvalue weighted by molar-refractivity contribution is 6.33. The standard InChI is InChI=1S/C15H20ClN3O2/c16-12-7-10(8-18-13(12)17)14(20)19-6-5-15(21)4-2-1-3-11(15)9-19/h7-8,11,21H,1-6,9H2,(H2,17,18). The van der Waals surface area contributed by atoms with Crippen LogP contribution in [0.4, 0.5) is 5.82 Å². The molecule has 1 aliphatic heterocycles. The van der Waals surface area contributed by atoms with E-state index in [9.17, 15) is 9.90 Å². The number of carbonyl (C=O) groups is 1. The number of anilines is 1. The molecule has 0 bridgehead atoms. The van der Waals surface area contributed by atoms with Crippen LogP contribution in [0.25, 0.3) is 0 Å². The van der Waals surface area contributed by atoms with Gasteiger partial charge >= 0.3 is 0 Å². The van der Waals surface area contributed by atoms with Crippen molar-refractivity contribution in [3.63, 3.8) is 0 Å². The molecule has 5 nitrogen and oxygen atoms in total. The number of fused-ring (bicyclic) bond motifs is 1. The van der Waals surface area contributed by atoms with Gasteiger partial charge in [-0.1, -0.05) is 24.4 Å². The van der Waals surface area contributed by atoms with Gasteiger partial charge in [0.05, 0.1) is 16.2 Å². The molecule has 1 saturated heterocycles. The average Bonchev–Trinajstić information content (AvgIpc) is 2.48. The van der Waals surface area contributed by atoms with Gasteiger partial charge in [-0.05, 0) is 25.3 Å². The van der Waals surface area contributed by atoms with E-state index in [1.807, 2.05) is 0 Å². The Kier molecular flexibility index (Phi) is 3.80. The molecule has 6 heteroatoms. The maximum atomic E-state index is 12.5. The summed E-state index contributed by atoms with van der Waals surface area (Å²) in [4.78, 5) is 18.3. The first-order valence-corrected chi connectivity index (χ1v) is 7.80. The van der Waals surface area contributed by atoms with Crippen molar-refractivity contribution in [2.45, 2.75) is 37.7 Å². The van der Waals surface area contributed by atoms with Crippen molar-refractivity contribution in [1.82, 2.24) is 9.88 Å². The van der Waals surface area contributed by atoms with Gasteiger partial charge in [0.15, 0.2) is 0 Å². The molecule has 3 N–H and O–H groups in total. The number of nitrogens with zero attached hydrogens (tertiary/aromatic N) is 2. The molecule has 0 radical (unpaired) electrons. The molecule has 0 aromatic carbocycles. The molecule has 0 spiro atoms. The second-order valence-corrected chi connectivity index (χ2v) is 6.55. The maximum Gasteiger partial charge on any atom is 0.255 e. The van der Waals surface area contributed by atoms with Crippen LogP contribution in [-0.4, -0.2) is 39.6 Å². The highest BCUT2D eigenvalue weighted by Gasteiger charge is 2.43. The summed E-state index contributed by atoms with van der Waals surface area (Å²) in [5.74, 6) is 0.326. The lowest BCUT2D eigenvalue weighted by Crippen LogP contribution is -2.54. The summed E-state index contributed by atoms with van der Waals surface area (Å²) in [6.45, 7) is 1.19. The minimum atomic E-state index is -0.577. The molecular weight excluding hydrogens is 290 g/mol. The normalized spacial score (nSPS) is 29.0. The molecule has 2 fully saturated rings. The third-order valence-corrected chi connectivity index (χ3v) is 5.13. The van der Waals surface area contributed by atoms with E-state index >= 15 is 0 Å². The van der Waals surface area contributed by atoms with Crippen LogP contribution >= 0.6 is 11.6 Å². The van der Waals surface area contributed by atoms with Gasteiger partial charge in [0.2, 0.25) is 0 Å². The van der Waals surface area contributed by atoms with Crippen molar-refractivity contribution in [3.05, 3.63) is 22.8 Å². The Morgan fingerprint density at radius 2 is 2.29 bits per heavy atom. The van der Waals surface area contributed by atoms with Gasteiger partial charge in [-0.25, -0.2) is 4.98 Å². The number of carbonyl (C=O) groups excluding carboxylic acids is 1. The fourth-order valence-corrected chi connectivity index (χ4v) is 3.67. The van der Waals surface area contributed by atoms with Crippen LogP contribution in [-0.2, 0) is 0 Å². The van der Waals surface area contributed by atoms with E-state index in [1.165, 1.54) is 6.20 Å². The highest BCUT2D eigenvalue weighted by atomic mass is 35.5. The molecule has 2 atom stereocenters. The van der Waals surface area contributed by atoms with Crippen molar-refractivity contribution in [2.24, 2.45) is 5.92 Å². The molecule has 1 aliphatic carbocycles. The minimum absolute atomic E-state index is 0.0861. The Morgan fingerprint density at radius 1 is 1.48 bits per heavy atom. The number of rotatable bonds is 1. The lowest BCUT2D eigenvalue weighted by molar-refractivity contribution is -0.0886. The van der Waals surface area contributed by atoms with E-state index in [2.05, 4.69) is 4.98 Å². The summed E-state index contributed by atoms with van der Waals surface area (Å²) in [5, 5.41) is 11.0. The number of hydrogen-bond acceptors (Lipinski definition) is 4. The van der Waals surface area contributed by atoms with Crippen molar-refractivity contribution < 1.29 is 9.90 Å². The second-order valence-electron chi connectivity index (χ2n) is 6.14. The number of hydrogen-bond donors (Lipinski definition) is 2. The first-order chi connectivity index (χ1) is 9.99. The monoisotopic (exact) mass is 309 g/mol. The van der Waals surface area contributed by atoms with E-state index in [-0.39, 0.29) is 17.6 Å². The highest BCUT2D eigenvalue weighted by Crippen LogP contribution is 2.40. The fraction of sp³-hybridized carbons (Fsp3) is 0.600. The number of halogens is 1. The van der Waals surface area contributed by atoms with E-state index in [1.54, 1.807) is 11.0 Å². The number of aromatic nitrogens is 1. The van der Waals surface area contributed by atoms with Crippen molar-refractivity contribution >= 4 is 23.3 Å². The lowest BCUT2D eigenvalue weighted by Gasteiger charge is -2.47. The average molecular weight is 310 g/mol. The molecule has 2 unspecified atom stereocenters. The second kappa shape index (κ2) is 5.46. The van der Waals surface area contributed by atoms with Crippen LogP contribution in [0.2, 0.25) is 5.02 Å². The maximum absolute atomic E-state index is 12.5. The minimum Gasteiger partial charge on any atom is -0.389 e. The van der Waals surface area contributed by atoms with Gasteiger partial charge in [-0.3, -0.25) is 4.79 Å². The first kappa shape index (κ1) is 14.6. The molecule has 1 aromatic heterocycles. The van der Waals surface area contributed by atoms with Gasteiger partial charge in [-0.2, -0.15) is 0 Å². The summed E-state index contributed by atoms with van der Waals surface area (Å²) in [5.41, 5.74) is 5.45. The van der Waals surface area contributed by atoms with Crippen LogP contribution in [0.1, 0.15) is 42.5 Å². The van der Waals surface area contributed by atoms with Crippen LogP contribution < -0.4 is 5.73 Å². The predicted molar refractivity (Wildman–Crippen MR) is 81.1 cm³/mol. The predicted octanol–water partition coefficient (Wildman–Crippen LogP) is 2.08. The van der Waals surface area contributed by atoms with Gasteiger partial charge in [0, 0.05) is 25.2 Å². The van der Waals surface area contributed by atoms with Crippen molar-refractivity contribution in [2.75, 3.05) is 18.8 Å². The van der Waals surface area contributed by atoms with Crippen molar-refractivity contribution in [3.8, 4) is 0 Å².